The molecule has 0 aliphatic heterocycles. The molecular formula is C14H15BrN4S. The van der Waals surface area contributed by atoms with Gasteiger partial charge in [-0.05, 0) is 41.9 Å². The molecule has 0 amide bonds. The van der Waals surface area contributed by atoms with Crippen LogP contribution in [0.3, 0.4) is 0 Å². The molecule has 0 aliphatic carbocycles. The lowest BCUT2D eigenvalue weighted by Crippen LogP contribution is -2.05. The van der Waals surface area contributed by atoms with Crippen molar-refractivity contribution in [3.8, 4) is 0 Å². The average Bonchev–Trinajstić information content (AvgIpc) is 2.95. The smallest absolute Gasteiger partial charge is 0.157 e. The normalized spacial score (nSPS) is 12.8. The number of thiophene rings is 1. The van der Waals surface area contributed by atoms with Crippen molar-refractivity contribution in [3.63, 3.8) is 0 Å². The summed E-state index contributed by atoms with van der Waals surface area (Å²) in [6.07, 6.45) is 1.86. The molecule has 0 aromatic carbocycles. The molecule has 1 unspecified atom stereocenters. The number of aromatic nitrogens is 3. The molecule has 0 spiro atoms. The summed E-state index contributed by atoms with van der Waals surface area (Å²) in [6.45, 7) is 4.16. The minimum Gasteiger partial charge on any atom is -0.376 e. The first-order valence-electron chi connectivity index (χ1n) is 6.34. The molecule has 6 heteroatoms. The molecule has 104 valence electrons. The van der Waals surface area contributed by atoms with Gasteiger partial charge in [-0.2, -0.15) is 5.10 Å². The third-order valence-corrected chi connectivity index (χ3v) is 5.14. The van der Waals surface area contributed by atoms with Crippen LogP contribution in [-0.4, -0.2) is 14.8 Å². The summed E-state index contributed by atoms with van der Waals surface area (Å²) in [5.74, 6) is 0. The van der Waals surface area contributed by atoms with Crippen molar-refractivity contribution in [1.82, 2.24) is 14.8 Å². The van der Waals surface area contributed by atoms with Crippen LogP contribution in [0.25, 0.3) is 11.0 Å². The van der Waals surface area contributed by atoms with Crippen molar-refractivity contribution in [1.29, 1.82) is 0 Å². The topological polar surface area (TPSA) is 42.7 Å². The molecule has 4 nitrogen and oxygen atoms in total. The minimum atomic E-state index is 0.252. The van der Waals surface area contributed by atoms with Gasteiger partial charge in [0.15, 0.2) is 5.65 Å². The van der Waals surface area contributed by atoms with E-state index in [1.807, 2.05) is 24.9 Å². The Kier molecular flexibility index (Phi) is 3.52. The van der Waals surface area contributed by atoms with E-state index in [1.165, 1.54) is 4.88 Å². The lowest BCUT2D eigenvalue weighted by molar-refractivity contribution is 0.774. The van der Waals surface area contributed by atoms with E-state index >= 15 is 0 Å². The molecule has 3 aromatic rings. The Balaban J connectivity index is 1.89. The Morgan fingerprint density at radius 2 is 2.20 bits per heavy atom. The summed E-state index contributed by atoms with van der Waals surface area (Å²) in [4.78, 5) is 5.78. The van der Waals surface area contributed by atoms with E-state index < -0.39 is 0 Å². The first-order valence-corrected chi connectivity index (χ1v) is 8.01. The van der Waals surface area contributed by atoms with Crippen molar-refractivity contribution in [3.05, 3.63) is 38.8 Å². The van der Waals surface area contributed by atoms with Gasteiger partial charge in [-0.25, -0.2) is 4.98 Å². The second-order valence-electron chi connectivity index (χ2n) is 4.84. The fourth-order valence-electron chi connectivity index (χ4n) is 2.26. The number of hydrogen-bond acceptors (Lipinski definition) is 4. The predicted octanol–water partition coefficient (Wildman–Crippen LogP) is 4.27. The van der Waals surface area contributed by atoms with Crippen LogP contribution in [0, 0.1) is 6.92 Å². The van der Waals surface area contributed by atoms with Crippen molar-refractivity contribution in [2.75, 3.05) is 5.32 Å². The summed E-state index contributed by atoms with van der Waals surface area (Å²) >= 11 is 5.23. The summed E-state index contributed by atoms with van der Waals surface area (Å²) < 4.78 is 2.94. The Morgan fingerprint density at radius 1 is 1.40 bits per heavy atom. The summed E-state index contributed by atoms with van der Waals surface area (Å²) in [5.41, 5.74) is 2.94. The van der Waals surface area contributed by atoms with E-state index in [9.17, 15) is 0 Å². The van der Waals surface area contributed by atoms with Crippen molar-refractivity contribution in [2.24, 2.45) is 7.05 Å². The second kappa shape index (κ2) is 5.18. The zero-order chi connectivity index (χ0) is 14.3. The van der Waals surface area contributed by atoms with Crippen molar-refractivity contribution < 1.29 is 0 Å². The monoisotopic (exact) mass is 350 g/mol. The largest absolute Gasteiger partial charge is 0.376 e. The van der Waals surface area contributed by atoms with Gasteiger partial charge in [0.2, 0.25) is 0 Å². The van der Waals surface area contributed by atoms with Gasteiger partial charge >= 0.3 is 0 Å². The van der Waals surface area contributed by atoms with E-state index in [0.717, 1.165) is 26.9 Å². The van der Waals surface area contributed by atoms with Crippen LogP contribution < -0.4 is 5.32 Å². The van der Waals surface area contributed by atoms with Crippen LogP contribution in [0.15, 0.2) is 28.2 Å². The molecule has 0 saturated heterocycles. The van der Waals surface area contributed by atoms with Gasteiger partial charge in [-0.1, -0.05) is 0 Å². The number of rotatable bonds is 3. The van der Waals surface area contributed by atoms with Crippen LogP contribution in [0.4, 0.5) is 5.69 Å². The minimum absolute atomic E-state index is 0.252. The highest BCUT2D eigenvalue weighted by Gasteiger charge is 2.11. The number of halogens is 1. The summed E-state index contributed by atoms with van der Waals surface area (Å²) in [5, 5.41) is 11.1. The molecule has 0 aliphatic rings. The molecule has 0 radical (unpaired) electrons. The van der Waals surface area contributed by atoms with E-state index in [4.69, 9.17) is 0 Å². The summed E-state index contributed by atoms with van der Waals surface area (Å²) in [6, 6.07) is 4.51. The highest BCUT2D eigenvalue weighted by molar-refractivity contribution is 9.10. The van der Waals surface area contributed by atoms with Gasteiger partial charge in [0, 0.05) is 27.2 Å². The number of nitrogens with one attached hydrogen (secondary N) is 1. The van der Waals surface area contributed by atoms with E-state index in [2.05, 4.69) is 55.8 Å². The lowest BCUT2D eigenvalue weighted by atomic mass is 10.2. The maximum Gasteiger partial charge on any atom is 0.157 e. The standard InChI is InChI=1S/C14H15BrN4S/c1-8-12-5-11(6-16-14(12)19(3)18-8)17-9(2)13-4-10(15)7-20-13/h4-7,9,17H,1-3H3. The molecule has 3 aromatic heterocycles. The van der Waals surface area contributed by atoms with E-state index in [1.54, 1.807) is 11.3 Å². The second-order valence-corrected chi connectivity index (χ2v) is 6.70. The maximum absolute atomic E-state index is 4.49. The summed E-state index contributed by atoms with van der Waals surface area (Å²) in [7, 11) is 1.92. The van der Waals surface area contributed by atoms with Crippen LogP contribution in [0.2, 0.25) is 0 Å². The average molecular weight is 351 g/mol. The molecule has 0 bridgehead atoms. The molecule has 20 heavy (non-hydrogen) atoms. The van der Waals surface area contributed by atoms with Crippen LogP contribution in [-0.2, 0) is 7.05 Å². The van der Waals surface area contributed by atoms with Gasteiger partial charge in [-0.15, -0.1) is 11.3 Å². The Hall–Kier alpha value is -1.40. The fourth-order valence-corrected chi connectivity index (χ4v) is 3.72. The van der Waals surface area contributed by atoms with Gasteiger partial charge in [0.1, 0.15) is 0 Å². The quantitative estimate of drug-likeness (QED) is 0.766. The third-order valence-electron chi connectivity index (χ3n) is 3.26. The van der Waals surface area contributed by atoms with Crippen molar-refractivity contribution >= 4 is 44.0 Å². The van der Waals surface area contributed by atoms with E-state index in [-0.39, 0.29) is 6.04 Å². The third kappa shape index (κ3) is 2.45. The number of aryl methyl sites for hydroxylation is 2. The van der Waals surface area contributed by atoms with Crippen LogP contribution in [0.1, 0.15) is 23.5 Å². The maximum atomic E-state index is 4.49. The highest BCUT2D eigenvalue weighted by atomic mass is 79.9. The zero-order valence-electron chi connectivity index (χ0n) is 11.5. The lowest BCUT2D eigenvalue weighted by Gasteiger charge is -2.13. The van der Waals surface area contributed by atoms with Crippen LogP contribution >= 0.6 is 27.3 Å². The van der Waals surface area contributed by atoms with Gasteiger partial charge in [-0.3, -0.25) is 4.68 Å². The molecule has 0 fully saturated rings. The molecule has 1 atom stereocenters. The SMILES string of the molecule is Cc1nn(C)c2ncc(NC(C)c3cc(Br)cs3)cc12. The van der Waals surface area contributed by atoms with Gasteiger partial charge in [0.25, 0.3) is 0 Å². The Morgan fingerprint density at radius 3 is 2.90 bits per heavy atom. The Bertz CT molecular complexity index is 762. The number of anilines is 1. The predicted molar refractivity (Wildman–Crippen MR) is 87.3 cm³/mol. The first kappa shape index (κ1) is 13.6. The number of pyridine rings is 1. The number of fused-ring (bicyclic) bond motifs is 1. The van der Waals surface area contributed by atoms with Gasteiger partial charge < -0.3 is 5.32 Å². The first-order chi connectivity index (χ1) is 9.54. The molecule has 3 heterocycles. The number of hydrogen-bond donors (Lipinski definition) is 1. The Labute approximate surface area is 130 Å². The van der Waals surface area contributed by atoms with E-state index in [0.29, 0.717) is 0 Å². The fraction of sp³-hybridized carbons (Fsp3) is 0.286. The molecule has 1 N–H and O–H groups in total. The highest BCUT2D eigenvalue weighted by Crippen LogP contribution is 2.28. The molecule has 3 rings (SSSR count). The van der Waals surface area contributed by atoms with Crippen molar-refractivity contribution in [2.45, 2.75) is 19.9 Å². The number of nitrogens with zero attached hydrogens (tertiary/aromatic N) is 3. The molecular weight excluding hydrogens is 336 g/mol. The van der Waals surface area contributed by atoms with Crippen LogP contribution in [0.5, 0.6) is 0 Å². The molecule has 0 saturated carbocycles. The van der Waals surface area contributed by atoms with Gasteiger partial charge in [0.05, 0.1) is 23.6 Å². The zero-order valence-corrected chi connectivity index (χ0v) is 13.9.